The van der Waals surface area contributed by atoms with Crippen molar-refractivity contribution in [3.05, 3.63) is 52.7 Å². The molecule has 0 spiro atoms. The van der Waals surface area contributed by atoms with Crippen molar-refractivity contribution in [1.82, 2.24) is 39.8 Å². The number of aromatic nitrogens is 4. The molecule has 0 unspecified atom stereocenters. The fourth-order valence-corrected chi connectivity index (χ4v) is 5.25. The number of terminal acetylenes is 1. The fourth-order valence-electron chi connectivity index (χ4n) is 4.99. The van der Waals surface area contributed by atoms with E-state index < -0.39 is 23.4 Å². The number of nitrogens with zero attached hydrogens (tertiary/aromatic N) is 6. The van der Waals surface area contributed by atoms with Crippen LogP contribution in [0.1, 0.15) is 26.7 Å². The number of carbonyl (C=O) groups is 3. The summed E-state index contributed by atoms with van der Waals surface area (Å²) in [5.41, 5.74) is -1.97. The number of aliphatic hydroxyl groups is 1. The highest BCUT2D eigenvalue weighted by molar-refractivity contribution is 6.34. The van der Waals surface area contributed by atoms with Crippen LogP contribution in [0.15, 0.2) is 30.6 Å². The lowest BCUT2D eigenvalue weighted by atomic mass is 9.98. The largest absolute Gasteiger partial charge is 0.435 e. The van der Waals surface area contributed by atoms with E-state index in [1.165, 1.54) is 29.8 Å². The van der Waals surface area contributed by atoms with Gasteiger partial charge in [-0.1, -0.05) is 17.5 Å². The van der Waals surface area contributed by atoms with Crippen LogP contribution in [-0.4, -0.2) is 103 Å². The lowest BCUT2D eigenvalue weighted by Crippen LogP contribution is -2.65. The van der Waals surface area contributed by atoms with E-state index in [1.807, 2.05) is 0 Å². The van der Waals surface area contributed by atoms with Crippen molar-refractivity contribution < 1.29 is 32.7 Å². The van der Waals surface area contributed by atoms with Crippen molar-refractivity contribution in [3.63, 3.8) is 0 Å². The number of alkyl halides is 3. The Morgan fingerprint density at radius 1 is 1.17 bits per heavy atom. The van der Waals surface area contributed by atoms with Gasteiger partial charge in [-0.15, -0.1) is 18.8 Å². The van der Waals surface area contributed by atoms with Crippen LogP contribution in [0, 0.1) is 12.3 Å². The van der Waals surface area contributed by atoms with E-state index in [-0.39, 0.29) is 83.9 Å². The van der Waals surface area contributed by atoms with Crippen LogP contribution in [0.2, 0.25) is 5.02 Å². The number of halogens is 5. The molecule has 5 rings (SSSR count). The Morgan fingerprint density at radius 2 is 1.85 bits per heavy atom. The normalized spacial score (nSPS) is 15.8. The van der Waals surface area contributed by atoms with Crippen molar-refractivity contribution in [2.24, 2.45) is 7.05 Å². The second-order valence-electron chi connectivity index (χ2n) is 10.7. The highest BCUT2D eigenvalue weighted by Gasteiger charge is 2.39. The molecule has 0 aliphatic carbocycles. The average Bonchev–Trinajstić information content (AvgIpc) is 3.58. The molecule has 3 aromatic rings. The molecule has 2 saturated heterocycles. The first-order valence-corrected chi connectivity index (χ1v) is 14.1. The van der Waals surface area contributed by atoms with Crippen LogP contribution in [0.5, 0.6) is 0 Å². The standard InChI is InChI=1S/C28H29ClF3N9O4.ClH/c1-3-6-41-13-19(22(37-41)28(30,31)32)21-12-34-23(38(21)2)24(42)36-17-4-5-18(20(29)11-17)25(43)39-7-9-40(10-8-39)26(44)35-16-27(45)14-33-15-27;/h1,4-5,11-13,33,45H,6-10,14-16H2,2H3,(H,35,44)(H,36,42);1H. The Bertz CT molecular complexity index is 1670. The molecule has 4 heterocycles. The van der Waals surface area contributed by atoms with Gasteiger partial charge < -0.3 is 35.4 Å². The van der Waals surface area contributed by atoms with Crippen LogP contribution in [-0.2, 0) is 19.8 Å². The van der Waals surface area contributed by atoms with Crippen LogP contribution in [0.25, 0.3) is 11.3 Å². The van der Waals surface area contributed by atoms with Crippen molar-refractivity contribution in [3.8, 4) is 23.6 Å². The number of anilines is 1. The van der Waals surface area contributed by atoms with E-state index in [1.54, 1.807) is 9.80 Å². The zero-order chi connectivity index (χ0) is 32.5. The monoisotopic (exact) mass is 683 g/mol. The van der Waals surface area contributed by atoms with Crippen molar-refractivity contribution in [1.29, 1.82) is 0 Å². The zero-order valence-electron chi connectivity index (χ0n) is 24.4. The van der Waals surface area contributed by atoms with Gasteiger partial charge in [-0.3, -0.25) is 14.3 Å². The summed E-state index contributed by atoms with van der Waals surface area (Å²) in [6.07, 6.45) is 2.72. The predicted molar refractivity (Wildman–Crippen MR) is 164 cm³/mol. The number of imidazole rings is 1. The van der Waals surface area contributed by atoms with Crippen molar-refractivity contribution in [2.75, 3.05) is 51.1 Å². The maximum atomic E-state index is 13.6. The van der Waals surface area contributed by atoms with Crippen LogP contribution in [0.4, 0.5) is 23.7 Å². The van der Waals surface area contributed by atoms with Gasteiger partial charge in [0.05, 0.1) is 34.6 Å². The number of rotatable bonds is 7. The molecule has 1 aromatic carbocycles. The summed E-state index contributed by atoms with van der Waals surface area (Å²) in [7, 11) is 1.39. The molecule has 0 saturated carbocycles. The van der Waals surface area contributed by atoms with Gasteiger partial charge in [-0.2, -0.15) is 18.3 Å². The molecule has 246 valence electrons. The fraction of sp³-hybridized carbons (Fsp3) is 0.393. The highest BCUT2D eigenvalue weighted by atomic mass is 35.5. The zero-order valence-corrected chi connectivity index (χ0v) is 26.0. The topological polar surface area (TPSA) is 150 Å². The number of nitrogens with one attached hydrogen (secondary N) is 3. The highest BCUT2D eigenvalue weighted by Crippen LogP contribution is 2.36. The first-order valence-electron chi connectivity index (χ1n) is 13.8. The number of amides is 4. The summed E-state index contributed by atoms with van der Waals surface area (Å²) in [5.74, 6) is 0.972. The summed E-state index contributed by atoms with van der Waals surface area (Å²) < 4.78 is 43.1. The molecule has 2 aliphatic heterocycles. The summed E-state index contributed by atoms with van der Waals surface area (Å²) in [6, 6.07) is 3.98. The Hall–Kier alpha value is -4.30. The minimum atomic E-state index is -4.77. The molecule has 2 aromatic heterocycles. The van der Waals surface area contributed by atoms with Gasteiger partial charge in [0, 0.05) is 58.2 Å². The average molecular weight is 685 g/mol. The number of carbonyl (C=O) groups excluding carboxylic acids is 3. The van der Waals surface area contributed by atoms with Gasteiger partial charge in [0.25, 0.3) is 11.8 Å². The number of β-amino-alcohol motifs (C(OH)–C–C–N with tert-alkyl or cyclic N) is 1. The SMILES string of the molecule is C#CCn1cc(-c2cnc(C(=O)Nc3ccc(C(=O)N4CCN(C(=O)NCC5(O)CNC5)CC4)c(Cl)c3)n2C)c(C(F)(F)F)n1.Cl. The molecule has 13 nitrogen and oxygen atoms in total. The lowest BCUT2D eigenvalue weighted by Gasteiger charge is -2.39. The van der Waals surface area contributed by atoms with E-state index in [0.29, 0.717) is 26.2 Å². The Morgan fingerprint density at radius 3 is 2.43 bits per heavy atom. The molecule has 0 radical (unpaired) electrons. The summed E-state index contributed by atoms with van der Waals surface area (Å²) >= 11 is 6.41. The summed E-state index contributed by atoms with van der Waals surface area (Å²) in [5, 5.41) is 22.0. The third-order valence-electron chi connectivity index (χ3n) is 7.54. The molecule has 18 heteroatoms. The molecular weight excluding hydrogens is 654 g/mol. The second-order valence-corrected chi connectivity index (χ2v) is 11.1. The number of benzene rings is 1. The third-order valence-corrected chi connectivity index (χ3v) is 7.85. The molecule has 46 heavy (non-hydrogen) atoms. The maximum absolute atomic E-state index is 13.6. The molecular formula is C28H30Cl2F3N9O4. The molecule has 0 atom stereocenters. The van der Waals surface area contributed by atoms with Crippen LogP contribution >= 0.6 is 24.0 Å². The summed E-state index contributed by atoms with van der Waals surface area (Å²) in [6.45, 7) is 1.91. The number of urea groups is 1. The molecule has 0 bridgehead atoms. The van der Waals surface area contributed by atoms with Crippen molar-refractivity contribution in [2.45, 2.75) is 18.3 Å². The smallest absolute Gasteiger partial charge is 0.385 e. The van der Waals surface area contributed by atoms with Gasteiger partial charge in [0.1, 0.15) is 12.1 Å². The Labute approximate surface area is 272 Å². The first kappa shape index (κ1) is 34.6. The molecule has 4 amide bonds. The van der Waals surface area contributed by atoms with Gasteiger partial charge >= 0.3 is 12.2 Å². The van der Waals surface area contributed by atoms with Crippen LogP contribution in [0.3, 0.4) is 0 Å². The van der Waals surface area contributed by atoms with Gasteiger partial charge in [0.2, 0.25) is 0 Å². The van der Waals surface area contributed by atoms with Gasteiger partial charge in [0.15, 0.2) is 11.5 Å². The molecule has 2 fully saturated rings. The quantitative estimate of drug-likeness (QED) is 0.279. The molecule has 2 aliphatic rings. The van der Waals surface area contributed by atoms with Crippen LogP contribution < -0.4 is 16.0 Å². The number of piperazine rings is 1. The van der Waals surface area contributed by atoms with E-state index in [2.05, 4.69) is 32.0 Å². The maximum Gasteiger partial charge on any atom is 0.435 e. The Kier molecular flexibility index (Phi) is 10.2. The van der Waals surface area contributed by atoms with E-state index in [9.17, 15) is 32.7 Å². The van der Waals surface area contributed by atoms with E-state index >= 15 is 0 Å². The van der Waals surface area contributed by atoms with Gasteiger partial charge in [-0.05, 0) is 18.2 Å². The second kappa shape index (κ2) is 13.6. The van der Waals surface area contributed by atoms with Crippen molar-refractivity contribution >= 4 is 47.5 Å². The minimum absolute atomic E-state index is 0. The third kappa shape index (κ3) is 7.23. The minimum Gasteiger partial charge on any atom is -0.385 e. The summed E-state index contributed by atoms with van der Waals surface area (Å²) in [4.78, 5) is 45.8. The van der Waals surface area contributed by atoms with Gasteiger partial charge in [-0.25, -0.2) is 9.78 Å². The lowest BCUT2D eigenvalue weighted by molar-refractivity contribution is -0.141. The Balaban J connectivity index is 0.00000480. The van der Waals surface area contributed by atoms with E-state index in [0.717, 1.165) is 17.1 Å². The predicted octanol–water partition coefficient (Wildman–Crippen LogP) is 2.06. The molecule has 4 N–H and O–H groups in total. The first-order chi connectivity index (χ1) is 21.3. The number of hydrogen-bond acceptors (Lipinski definition) is 7. The number of hydrogen-bond donors (Lipinski definition) is 4. The van der Waals surface area contributed by atoms with E-state index in [4.69, 9.17) is 18.0 Å².